The summed E-state index contributed by atoms with van der Waals surface area (Å²) in [6.45, 7) is 0. The molecule has 192 valence electrons. The first-order valence-electron chi connectivity index (χ1n) is 11.6. The van der Waals surface area contributed by atoms with E-state index < -0.39 is 35.5 Å². The Morgan fingerprint density at radius 2 is 2.00 bits per heavy atom. The summed E-state index contributed by atoms with van der Waals surface area (Å²) in [6, 6.07) is 4.60. The molecule has 4 rings (SSSR count). The van der Waals surface area contributed by atoms with Gasteiger partial charge in [-0.05, 0) is 43.4 Å². The summed E-state index contributed by atoms with van der Waals surface area (Å²) in [6.07, 6.45) is 2.42. The third-order valence-electron chi connectivity index (χ3n) is 6.25. The van der Waals surface area contributed by atoms with Crippen LogP contribution in [0.2, 0.25) is 5.02 Å². The summed E-state index contributed by atoms with van der Waals surface area (Å²) in [5, 5.41) is 22.8. The highest BCUT2D eigenvalue weighted by molar-refractivity contribution is 6.32. The molecule has 2 amide bonds. The summed E-state index contributed by atoms with van der Waals surface area (Å²) in [5.74, 6) is -1.82. The normalized spacial score (nSPS) is 18.1. The van der Waals surface area contributed by atoms with E-state index in [1.807, 2.05) is 0 Å². The van der Waals surface area contributed by atoms with Crippen LogP contribution >= 0.6 is 11.6 Å². The number of nitrogens with one attached hydrogen (secondary N) is 2. The number of rotatable bonds is 8. The maximum atomic E-state index is 13.0. The van der Waals surface area contributed by atoms with Crippen molar-refractivity contribution >= 4 is 23.4 Å². The zero-order valence-electron chi connectivity index (χ0n) is 19.1. The van der Waals surface area contributed by atoms with Gasteiger partial charge in [-0.25, -0.2) is 0 Å². The Bertz CT molecular complexity index is 1170. The molecule has 2 saturated carbocycles. The van der Waals surface area contributed by atoms with Crippen LogP contribution in [0.15, 0.2) is 24.4 Å². The molecule has 0 radical (unpaired) electrons. The number of halogens is 4. The molecule has 0 saturated heterocycles. The molecule has 9 nitrogen and oxygen atoms in total. The first-order valence-corrected chi connectivity index (χ1v) is 12.0. The van der Waals surface area contributed by atoms with Crippen LogP contribution in [-0.2, 0) is 11.2 Å². The van der Waals surface area contributed by atoms with Crippen LogP contribution in [0.5, 0.6) is 5.75 Å². The molecule has 1 aromatic heterocycles. The largest absolute Gasteiger partial charge is 0.573 e. The first kappa shape index (κ1) is 25.8. The summed E-state index contributed by atoms with van der Waals surface area (Å²) >= 11 is 5.94. The number of alkyl halides is 3. The molecule has 1 aromatic carbocycles. The van der Waals surface area contributed by atoms with E-state index in [0.29, 0.717) is 18.4 Å². The van der Waals surface area contributed by atoms with Gasteiger partial charge >= 0.3 is 6.36 Å². The Balaban J connectivity index is 1.49. The topological polar surface area (TPSA) is 122 Å². The van der Waals surface area contributed by atoms with Crippen LogP contribution < -0.4 is 15.4 Å². The number of hydrogen-bond acceptors (Lipinski definition) is 6. The average Bonchev–Trinajstić information content (AvgIpc) is 3.42. The lowest BCUT2D eigenvalue weighted by molar-refractivity contribution is -0.274. The molecular weight excluding hydrogens is 501 g/mol. The van der Waals surface area contributed by atoms with Crippen LogP contribution in [0, 0.1) is 11.3 Å². The predicted octanol–water partition coefficient (Wildman–Crippen LogP) is 3.85. The SMILES string of the molecule is N#CC1(NC(=O)[C@H](Cc2ccc(OC(F)(F)F)c(Cl)c2)NC(=O)c2cnn(C3CCCCC3)n2)CC1. The van der Waals surface area contributed by atoms with Crippen molar-refractivity contribution in [3.05, 3.63) is 40.7 Å². The minimum absolute atomic E-state index is 0.0340. The van der Waals surface area contributed by atoms with E-state index in [4.69, 9.17) is 11.6 Å². The molecule has 2 aromatic rings. The van der Waals surface area contributed by atoms with Crippen LogP contribution in [0.1, 0.15) is 67.0 Å². The maximum Gasteiger partial charge on any atom is 0.573 e. The van der Waals surface area contributed by atoms with Crippen LogP contribution in [0.3, 0.4) is 0 Å². The number of amides is 2. The third-order valence-corrected chi connectivity index (χ3v) is 6.55. The lowest BCUT2D eigenvalue weighted by Gasteiger charge is -2.21. The van der Waals surface area contributed by atoms with Crippen LogP contribution in [-0.4, -0.2) is 44.8 Å². The molecule has 13 heteroatoms. The molecule has 1 atom stereocenters. The number of nitriles is 1. The summed E-state index contributed by atoms with van der Waals surface area (Å²) in [7, 11) is 0. The third kappa shape index (κ3) is 6.46. The Kier molecular flexibility index (Phi) is 7.40. The van der Waals surface area contributed by atoms with E-state index in [0.717, 1.165) is 38.2 Å². The molecule has 2 aliphatic carbocycles. The molecule has 2 fully saturated rings. The molecule has 1 heterocycles. The second-order valence-electron chi connectivity index (χ2n) is 9.07. The number of hydrogen-bond donors (Lipinski definition) is 2. The van der Waals surface area contributed by atoms with Crippen molar-refractivity contribution in [3.63, 3.8) is 0 Å². The van der Waals surface area contributed by atoms with E-state index in [1.54, 1.807) is 0 Å². The maximum absolute atomic E-state index is 13.0. The zero-order chi connectivity index (χ0) is 25.9. The van der Waals surface area contributed by atoms with E-state index in [-0.39, 0.29) is 23.2 Å². The van der Waals surface area contributed by atoms with Gasteiger partial charge in [-0.1, -0.05) is 36.9 Å². The van der Waals surface area contributed by atoms with E-state index >= 15 is 0 Å². The van der Waals surface area contributed by atoms with E-state index in [1.165, 1.54) is 23.1 Å². The van der Waals surface area contributed by atoms with Gasteiger partial charge in [-0.3, -0.25) is 9.59 Å². The van der Waals surface area contributed by atoms with Crippen molar-refractivity contribution in [2.45, 2.75) is 75.4 Å². The highest BCUT2D eigenvalue weighted by Crippen LogP contribution is 2.35. The van der Waals surface area contributed by atoms with E-state index in [2.05, 4.69) is 31.6 Å². The Morgan fingerprint density at radius 3 is 2.61 bits per heavy atom. The quantitative estimate of drug-likeness (QED) is 0.541. The summed E-state index contributed by atoms with van der Waals surface area (Å²) < 4.78 is 41.5. The van der Waals surface area contributed by atoms with Crippen LogP contribution in [0.4, 0.5) is 13.2 Å². The van der Waals surface area contributed by atoms with Crippen molar-refractivity contribution in [1.82, 2.24) is 25.6 Å². The number of carbonyl (C=O) groups is 2. The van der Waals surface area contributed by atoms with Gasteiger partial charge in [0.15, 0.2) is 5.69 Å². The Morgan fingerprint density at radius 1 is 1.28 bits per heavy atom. The molecule has 0 aliphatic heterocycles. The molecular formula is C23H24ClF3N6O3. The van der Waals surface area contributed by atoms with Gasteiger partial charge in [0.05, 0.1) is 23.3 Å². The lowest BCUT2D eigenvalue weighted by atomic mass is 9.96. The molecule has 0 bridgehead atoms. The molecule has 2 N–H and O–H groups in total. The number of ether oxygens (including phenoxy) is 1. The van der Waals surface area contributed by atoms with Crippen molar-refractivity contribution in [3.8, 4) is 11.8 Å². The van der Waals surface area contributed by atoms with Gasteiger partial charge in [0.25, 0.3) is 5.91 Å². The zero-order valence-corrected chi connectivity index (χ0v) is 19.9. The van der Waals surface area contributed by atoms with Crippen LogP contribution in [0.25, 0.3) is 0 Å². The highest BCUT2D eigenvalue weighted by atomic mass is 35.5. The average molecular weight is 525 g/mol. The number of aromatic nitrogens is 3. The minimum Gasteiger partial charge on any atom is -0.404 e. The van der Waals surface area contributed by atoms with Crippen molar-refractivity contribution < 1.29 is 27.5 Å². The number of carbonyl (C=O) groups excluding carboxylic acids is 2. The molecule has 0 unspecified atom stereocenters. The van der Waals surface area contributed by atoms with Gasteiger partial charge in [-0.15, -0.1) is 18.3 Å². The summed E-state index contributed by atoms with van der Waals surface area (Å²) in [4.78, 5) is 27.5. The fourth-order valence-electron chi connectivity index (χ4n) is 4.14. The minimum atomic E-state index is -4.91. The second kappa shape index (κ2) is 10.3. The van der Waals surface area contributed by atoms with Gasteiger partial charge in [-0.2, -0.15) is 15.2 Å². The smallest absolute Gasteiger partial charge is 0.404 e. The van der Waals surface area contributed by atoms with Gasteiger partial charge in [0, 0.05) is 6.42 Å². The number of benzene rings is 1. The molecule has 2 aliphatic rings. The van der Waals surface area contributed by atoms with Gasteiger partial charge < -0.3 is 15.4 Å². The fraction of sp³-hybridized carbons (Fsp3) is 0.522. The van der Waals surface area contributed by atoms with Crippen molar-refractivity contribution in [2.75, 3.05) is 0 Å². The fourth-order valence-corrected chi connectivity index (χ4v) is 4.38. The van der Waals surface area contributed by atoms with E-state index in [9.17, 15) is 28.0 Å². The first-order chi connectivity index (χ1) is 17.1. The molecule has 0 spiro atoms. The standard InChI is InChI=1S/C23H24ClF3N6O3/c24-16-10-14(6-7-19(16)36-23(25,26)27)11-17(21(35)31-22(13-28)8-9-22)30-20(34)18-12-29-33(32-18)15-4-2-1-3-5-15/h6-7,10,12,15,17H,1-5,8-9,11H2,(H,30,34)(H,31,35)/t17-/m0/s1. The Labute approximate surface area is 209 Å². The highest BCUT2D eigenvalue weighted by Gasteiger charge is 2.45. The lowest BCUT2D eigenvalue weighted by Crippen LogP contribution is -2.51. The Hall–Kier alpha value is -3.33. The summed E-state index contributed by atoms with van der Waals surface area (Å²) in [5.41, 5.74) is -0.568. The number of nitrogens with zero attached hydrogens (tertiary/aromatic N) is 4. The predicted molar refractivity (Wildman–Crippen MR) is 121 cm³/mol. The molecule has 36 heavy (non-hydrogen) atoms. The second-order valence-corrected chi connectivity index (χ2v) is 9.48. The van der Waals surface area contributed by atoms with Gasteiger partial charge in [0.2, 0.25) is 5.91 Å². The van der Waals surface area contributed by atoms with Crippen molar-refractivity contribution in [1.29, 1.82) is 5.26 Å². The monoisotopic (exact) mass is 524 g/mol. The van der Waals surface area contributed by atoms with Gasteiger partial charge in [0.1, 0.15) is 17.3 Å². The van der Waals surface area contributed by atoms with Crippen molar-refractivity contribution in [2.24, 2.45) is 0 Å².